The van der Waals surface area contributed by atoms with E-state index in [9.17, 15) is 30.3 Å². The Morgan fingerprint density at radius 2 is 1.78 bits per heavy atom. The van der Waals surface area contributed by atoms with Crippen LogP contribution in [0.15, 0.2) is 12.1 Å². The predicted molar refractivity (Wildman–Crippen MR) is 71.1 cm³/mol. The lowest BCUT2D eigenvalue weighted by molar-refractivity contribution is -0.277. The van der Waals surface area contributed by atoms with Gasteiger partial charge in [0.1, 0.15) is 24.4 Å². The van der Waals surface area contributed by atoms with E-state index in [1.54, 1.807) is 0 Å². The first-order valence-electron chi connectivity index (χ1n) is 6.52. The fourth-order valence-electron chi connectivity index (χ4n) is 2.10. The van der Waals surface area contributed by atoms with Crippen molar-refractivity contribution < 1.29 is 50.0 Å². The van der Waals surface area contributed by atoms with Crippen LogP contribution in [0.4, 0.5) is 0 Å². The Balaban J connectivity index is 2.29. The number of carbonyl (C=O) groups is 1. The number of benzene rings is 1. The molecular formula is C13H16O10. The van der Waals surface area contributed by atoms with Gasteiger partial charge in [-0.1, -0.05) is 0 Å². The molecule has 7 N–H and O–H groups in total. The highest BCUT2D eigenvalue weighted by Crippen LogP contribution is 2.38. The molecule has 128 valence electrons. The molecule has 0 aliphatic carbocycles. The maximum atomic E-state index is 10.9. The summed E-state index contributed by atoms with van der Waals surface area (Å²) in [5.41, 5.74) is -0.403. The zero-order chi connectivity index (χ0) is 17.3. The molecule has 10 nitrogen and oxygen atoms in total. The van der Waals surface area contributed by atoms with Crippen LogP contribution in [0.1, 0.15) is 10.4 Å². The Morgan fingerprint density at radius 3 is 2.35 bits per heavy atom. The van der Waals surface area contributed by atoms with Crippen molar-refractivity contribution in [1.29, 1.82) is 0 Å². The topological polar surface area (TPSA) is 177 Å². The minimum Gasteiger partial charge on any atom is -0.504 e. The summed E-state index contributed by atoms with van der Waals surface area (Å²) >= 11 is 0. The zero-order valence-electron chi connectivity index (χ0n) is 11.6. The van der Waals surface area contributed by atoms with E-state index in [2.05, 4.69) is 0 Å². The molecule has 1 aliphatic rings. The Labute approximate surface area is 129 Å². The lowest BCUT2D eigenvalue weighted by Gasteiger charge is -2.39. The number of carboxylic acid groups (broad SMARTS) is 1. The molecule has 1 heterocycles. The second-order valence-corrected chi connectivity index (χ2v) is 4.96. The van der Waals surface area contributed by atoms with Crippen LogP contribution >= 0.6 is 0 Å². The van der Waals surface area contributed by atoms with Crippen molar-refractivity contribution in [3.63, 3.8) is 0 Å². The van der Waals surface area contributed by atoms with E-state index in [-0.39, 0.29) is 0 Å². The fraction of sp³-hybridized carbons (Fsp3) is 0.462. The molecule has 0 saturated carbocycles. The number of aliphatic hydroxyl groups excluding tert-OH is 4. The summed E-state index contributed by atoms with van der Waals surface area (Å²) in [7, 11) is 0. The lowest BCUT2D eigenvalue weighted by atomic mass is 9.99. The van der Waals surface area contributed by atoms with E-state index in [4.69, 9.17) is 19.7 Å². The summed E-state index contributed by atoms with van der Waals surface area (Å²) in [6.45, 7) is -0.683. The van der Waals surface area contributed by atoms with Gasteiger partial charge in [0.25, 0.3) is 0 Å². The van der Waals surface area contributed by atoms with Crippen molar-refractivity contribution in [3.8, 4) is 17.2 Å². The van der Waals surface area contributed by atoms with Gasteiger partial charge in [-0.25, -0.2) is 4.79 Å². The van der Waals surface area contributed by atoms with Crippen LogP contribution in [0.3, 0.4) is 0 Å². The summed E-state index contributed by atoms with van der Waals surface area (Å²) in [6, 6.07) is 1.66. The number of ether oxygens (including phenoxy) is 2. The van der Waals surface area contributed by atoms with E-state index in [1.807, 2.05) is 0 Å². The van der Waals surface area contributed by atoms with Gasteiger partial charge in [-0.2, -0.15) is 0 Å². The second kappa shape index (κ2) is 6.56. The highest BCUT2D eigenvalue weighted by atomic mass is 16.7. The third-order valence-electron chi connectivity index (χ3n) is 3.39. The minimum atomic E-state index is -1.75. The van der Waals surface area contributed by atoms with Crippen LogP contribution < -0.4 is 4.74 Å². The van der Waals surface area contributed by atoms with Crippen molar-refractivity contribution >= 4 is 5.97 Å². The molecule has 1 aromatic carbocycles. The fourth-order valence-corrected chi connectivity index (χ4v) is 2.10. The number of carboxylic acids is 1. The second-order valence-electron chi connectivity index (χ2n) is 4.96. The van der Waals surface area contributed by atoms with Crippen molar-refractivity contribution in [2.75, 3.05) is 6.61 Å². The summed E-state index contributed by atoms with van der Waals surface area (Å²) in [4.78, 5) is 10.9. The van der Waals surface area contributed by atoms with Crippen LogP contribution in [0.25, 0.3) is 0 Å². The van der Waals surface area contributed by atoms with Gasteiger partial charge in [0.15, 0.2) is 11.5 Å². The average Bonchev–Trinajstić information content (AvgIpc) is 2.51. The van der Waals surface area contributed by atoms with Crippen LogP contribution in [-0.2, 0) is 4.74 Å². The number of rotatable bonds is 4. The molecule has 1 fully saturated rings. The average molecular weight is 332 g/mol. The van der Waals surface area contributed by atoms with Crippen LogP contribution in [0.2, 0.25) is 0 Å². The highest BCUT2D eigenvalue weighted by molar-refractivity contribution is 5.89. The number of aromatic carboxylic acids is 1. The molecule has 0 amide bonds. The Hall–Kier alpha value is -2.11. The molecule has 23 heavy (non-hydrogen) atoms. The Morgan fingerprint density at radius 1 is 1.13 bits per heavy atom. The number of hydrogen-bond donors (Lipinski definition) is 7. The largest absolute Gasteiger partial charge is 0.504 e. The third-order valence-corrected chi connectivity index (χ3v) is 3.39. The van der Waals surface area contributed by atoms with E-state index in [1.165, 1.54) is 0 Å². The van der Waals surface area contributed by atoms with Crippen LogP contribution in [0.5, 0.6) is 17.2 Å². The van der Waals surface area contributed by atoms with Crippen molar-refractivity contribution in [3.05, 3.63) is 17.7 Å². The predicted octanol–water partition coefficient (Wildman–Crippen LogP) is -2.03. The van der Waals surface area contributed by atoms with E-state index < -0.39 is 66.1 Å². The van der Waals surface area contributed by atoms with Gasteiger partial charge in [-0.3, -0.25) is 0 Å². The normalized spacial score (nSPS) is 30.9. The van der Waals surface area contributed by atoms with Crippen molar-refractivity contribution in [2.45, 2.75) is 30.7 Å². The minimum absolute atomic E-state index is 0.403. The molecule has 0 spiro atoms. The number of aromatic hydroxyl groups is 2. The van der Waals surface area contributed by atoms with Gasteiger partial charge in [-0.05, 0) is 12.1 Å². The molecule has 0 bridgehead atoms. The molecule has 0 unspecified atom stereocenters. The number of phenols is 2. The van der Waals surface area contributed by atoms with E-state index in [0.717, 1.165) is 12.1 Å². The number of hydrogen-bond acceptors (Lipinski definition) is 9. The van der Waals surface area contributed by atoms with E-state index in [0.29, 0.717) is 0 Å². The molecular weight excluding hydrogens is 316 g/mol. The molecule has 1 saturated heterocycles. The Bertz CT molecular complexity index is 586. The molecule has 10 heteroatoms. The van der Waals surface area contributed by atoms with Gasteiger partial charge >= 0.3 is 5.97 Å². The standard InChI is InChI=1S/C13H16O10/c14-3-7-9(17)10(18)11(19)13(23-7)22-6-2-4(12(20)21)1-5(15)8(6)16/h1-2,7,9-11,13-19H,3H2,(H,20,21)/t7-,9-,10+,11-,13+/m1/s1. The first-order chi connectivity index (χ1) is 10.8. The molecule has 1 aromatic rings. The maximum absolute atomic E-state index is 10.9. The first-order valence-corrected chi connectivity index (χ1v) is 6.52. The van der Waals surface area contributed by atoms with Crippen LogP contribution in [0, 0.1) is 0 Å². The SMILES string of the molecule is O=C(O)c1cc(O)c(O)c(O[C@H]2O[C@H](CO)[C@@H](O)[C@H](O)[C@H]2O)c1. The van der Waals surface area contributed by atoms with Crippen molar-refractivity contribution in [2.24, 2.45) is 0 Å². The lowest BCUT2D eigenvalue weighted by Crippen LogP contribution is -2.60. The van der Waals surface area contributed by atoms with Gasteiger partial charge in [0, 0.05) is 0 Å². The van der Waals surface area contributed by atoms with Gasteiger partial charge in [-0.15, -0.1) is 0 Å². The van der Waals surface area contributed by atoms with Gasteiger partial charge in [0.2, 0.25) is 12.0 Å². The molecule has 0 radical (unpaired) electrons. The molecule has 0 aromatic heterocycles. The quantitative estimate of drug-likeness (QED) is 0.304. The molecule has 1 aliphatic heterocycles. The summed E-state index contributed by atoms with van der Waals surface area (Å²) in [5.74, 6) is -3.50. The first kappa shape index (κ1) is 17.2. The number of aliphatic hydroxyl groups is 4. The van der Waals surface area contributed by atoms with E-state index >= 15 is 0 Å². The molecule has 5 atom stereocenters. The molecule has 2 rings (SSSR count). The summed E-state index contributed by atoms with van der Waals surface area (Å²) in [5, 5.41) is 66.3. The smallest absolute Gasteiger partial charge is 0.335 e. The summed E-state index contributed by atoms with van der Waals surface area (Å²) in [6.07, 6.45) is -7.91. The third kappa shape index (κ3) is 3.30. The highest BCUT2D eigenvalue weighted by Gasteiger charge is 2.45. The van der Waals surface area contributed by atoms with Gasteiger partial charge < -0.3 is 45.2 Å². The van der Waals surface area contributed by atoms with Crippen molar-refractivity contribution in [1.82, 2.24) is 0 Å². The number of phenolic OH excluding ortho intramolecular Hbond substituents is 2. The maximum Gasteiger partial charge on any atom is 0.335 e. The van der Waals surface area contributed by atoms with Gasteiger partial charge in [0.05, 0.1) is 12.2 Å². The zero-order valence-corrected chi connectivity index (χ0v) is 11.6. The summed E-state index contributed by atoms with van der Waals surface area (Å²) < 4.78 is 10.2. The Kier molecular flexibility index (Phi) is 4.92. The monoisotopic (exact) mass is 332 g/mol. The van der Waals surface area contributed by atoms with Crippen LogP contribution in [-0.4, -0.2) is 79.0 Å².